The normalized spacial score (nSPS) is 12.3. The molecule has 0 atom stereocenters. The number of halogens is 8. The van der Waals surface area contributed by atoms with Crippen molar-refractivity contribution in [3.8, 4) is 0 Å². The van der Waals surface area contributed by atoms with E-state index in [2.05, 4.69) is 0 Å². The largest absolute Gasteiger partial charge is 0.416 e. The van der Waals surface area contributed by atoms with Gasteiger partial charge < -0.3 is 0 Å². The van der Waals surface area contributed by atoms with Crippen molar-refractivity contribution in [2.75, 3.05) is 0 Å². The summed E-state index contributed by atoms with van der Waals surface area (Å²) in [4.78, 5) is 12.1. The monoisotopic (exact) mass is 442 g/mol. The minimum absolute atomic E-state index is 0.118. The molecule has 0 aromatic heterocycles. The van der Waals surface area contributed by atoms with E-state index in [0.717, 1.165) is 24.3 Å². The molecule has 0 saturated carbocycles. The van der Waals surface area contributed by atoms with Crippen molar-refractivity contribution < 1.29 is 31.1 Å². The molecule has 0 amide bonds. The van der Waals surface area contributed by atoms with Crippen LogP contribution in [0.2, 0.25) is 10.0 Å². The predicted octanol–water partition coefficient (Wildman–Crippen LogP) is 7.17. The molecule has 2 aromatic carbocycles. The second kappa shape index (κ2) is 8.74. The van der Waals surface area contributed by atoms with Gasteiger partial charge in [-0.15, -0.1) is 0 Å². The number of hydrogen-bond donors (Lipinski definition) is 0. The molecule has 0 heterocycles. The van der Waals surface area contributed by atoms with E-state index in [1.54, 1.807) is 0 Å². The summed E-state index contributed by atoms with van der Waals surface area (Å²) in [7, 11) is 0. The van der Waals surface area contributed by atoms with Gasteiger partial charge in [-0.05, 0) is 48.2 Å². The Morgan fingerprint density at radius 2 is 1.07 bits per heavy atom. The Labute approximate surface area is 167 Å². The Kier molecular flexibility index (Phi) is 7.04. The zero-order valence-corrected chi connectivity index (χ0v) is 15.7. The van der Waals surface area contributed by atoms with Gasteiger partial charge in [-0.25, -0.2) is 0 Å². The predicted molar refractivity (Wildman–Crippen MR) is 94.6 cm³/mol. The summed E-state index contributed by atoms with van der Waals surface area (Å²) < 4.78 is 78.3. The molecule has 0 fully saturated rings. The lowest BCUT2D eigenvalue weighted by Gasteiger charge is -2.15. The zero-order valence-electron chi connectivity index (χ0n) is 14.2. The highest BCUT2D eigenvalue weighted by atomic mass is 35.5. The van der Waals surface area contributed by atoms with E-state index in [-0.39, 0.29) is 46.9 Å². The van der Waals surface area contributed by atoms with Crippen LogP contribution in [0.4, 0.5) is 26.3 Å². The van der Waals surface area contributed by atoms with Crippen molar-refractivity contribution in [3.63, 3.8) is 0 Å². The molecule has 28 heavy (non-hydrogen) atoms. The summed E-state index contributed by atoms with van der Waals surface area (Å²) in [5, 5.41) is -0.235. The average molecular weight is 443 g/mol. The molecular formula is C19H14Cl2F6O. The van der Waals surface area contributed by atoms with Gasteiger partial charge in [-0.1, -0.05) is 35.3 Å². The van der Waals surface area contributed by atoms with Crippen LogP contribution in [0.15, 0.2) is 36.4 Å². The van der Waals surface area contributed by atoms with Gasteiger partial charge in [0.15, 0.2) is 0 Å². The molecule has 0 bridgehead atoms. The highest BCUT2D eigenvalue weighted by Crippen LogP contribution is 2.37. The Morgan fingerprint density at radius 3 is 1.39 bits per heavy atom. The van der Waals surface area contributed by atoms with Crippen LogP contribution in [-0.4, -0.2) is 5.78 Å². The quantitative estimate of drug-likeness (QED) is 0.433. The lowest BCUT2D eigenvalue weighted by atomic mass is 9.97. The van der Waals surface area contributed by atoms with E-state index in [1.807, 2.05) is 0 Å². The van der Waals surface area contributed by atoms with Crippen LogP contribution < -0.4 is 0 Å². The van der Waals surface area contributed by atoms with Gasteiger partial charge in [0.05, 0.1) is 11.1 Å². The Balaban J connectivity index is 2.09. The average Bonchev–Trinajstić information content (AvgIpc) is 2.57. The molecule has 0 aliphatic heterocycles. The molecule has 0 spiro atoms. The third-order valence-corrected chi connectivity index (χ3v) is 4.86. The van der Waals surface area contributed by atoms with Crippen molar-refractivity contribution >= 4 is 29.0 Å². The van der Waals surface area contributed by atoms with Gasteiger partial charge in [0, 0.05) is 22.9 Å². The second-order valence-corrected chi connectivity index (χ2v) is 6.88. The van der Waals surface area contributed by atoms with E-state index >= 15 is 0 Å². The Morgan fingerprint density at radius 1 is 0.714 bits per heavy atom. The number of rotatable bonds is 6. The molecule has 0 radical (unpaired) electrons. The fraction of sp³-hybridized carbons (Fsp3) is 0.316. The Hall–Kier alpha value is -1.73. The van der Waals surface area contributed by atoms with E-state index in [0.29, 0.717) is 0 Å². The lowest BCUT2D eigenvalue weighted by molar-refractivity contribution is -0.139. The maximum Gasteiger partial charge on any atom is 0.416 e. The first-order chi connectivity index (χ1) is 12.9. The summed E-state index contributed by atoms with van der Waals surface area (Å²) in [6.07, 6.45) is -10.3. The van der Waals surface area contributed by atoms with Gasteiger partial charge in [-0.3, -0.25) is 4.79 Å². The molecular weight excluding hydrogens is 429 g/mol. The van der Waals surface area contributed by atoms with Crippen molar-refractivity contribution in [2.24, 2.45) is 0 Å². The van der Waals surface area contributed by atoms with Crippen LogP contribution in [-0.2, 0) is 30.0 Å². The summed E-state index contributed by atoms with van der Waals surface area (Å²) in [6, 6.07) is 6.63. The van der Waals surface area contributed by atoms with E-state index in [9.17, 15) is 31.1 Å². The fourth-order valence-electron chi connectivity index (χ4n) is 2.81. The number of hydrogen-bond acceptors (Lipinski definition) is 1. The highest BCUT2D eigenvalue weighted by molar-refractivity contribution is 6.31. The fourth-order valence-corrected chi connectivity index (χ4v) is 3.35. The summed E-state index contributed by atoms with van der Waals surface area (Å²) in [6.45, 7) is 0. The minimum atomic E-state index is -4.62. The topological polar surface area (TPSA) is 17.1 Å². The van der Waals surface area contributed by atoms with Crippen LogP contribution in [0.3, 0.4) is 0 Å². The van der Waals surface area contributed by atoms with E-state index in [4.69, 9.17) is 23.2 Å². The first-order valence-electron chi connectivity index (χ1n) is 8.12. The summed E-state index contributed by atoms with van der Waals surface area (Å²) >= 11 is 11.7. The minimum Gasteiger partial charge on any atom is -0.300 e. The number of benzene rings is 2. The molecule has 152 valence electrons. The van der Waals surface area contributed by atoms with Crippen LogP contribution >= 0.6 is 23.2 Å². The van der Waals surface area contributed by atoms with Gasteiger partial charge in [0.25, 0.3) is 0 Å². The van der Waals surface area contributed by atoms with Gasteiger partial charge in [-0.2, -0.15) is 26.3 Å². The van der Waals surface area contributed by atoms with Crippen molar-refractivity contribution in [3.05, 3.63) is 68.7 Å². The standard InChI is InChI=1S/C19H14Cl2F6O/c20-16-5-1-3-14(18(22,23)24)12(16)9-7-11(28)8-10-13-15(19(25,26)27)4-2-6-17(13)21/h1-6H,7-10H2. The molecule has 9 heteroatoms. The van der Waals surface area contributed by atoms with E-state index in [1.165, 1.54) is 12.1 Å². The van der Waals surface area contributed by atoms with Crippen LogP contribution in [0, 0.1) is 0 Å². The van der Waals surface area contributed by atoms with Crippen molar-refractivity contribution in [2.45, 2.75) is 38.0 Å². The summed E-state index contributed by atoms with van der Waals surface area (Å²) in [5.41, 5.74) is -2.28. The van der Waals surface area contributed by atoms with Gasteiger partial charge >= 0.3 is 12.4 Å². The molecule has 0 aliphatic rings. The highest BCUT2D eigenvalue weighted by Gasteiger charge is 2.35. The summed E-state index contributed by atoms with van der Waals surface area (Å²) in [5.74, 6) is -0.485. The maximum atomic E-state index is 13.1. The molecule has 0 N–H and O–H groups in total. The third-order valence-electron chi connectivity index (χ3n) is 4.16. The SMILES string of the molecule is O=C(CCc1c(Cl)cccc1C(F)(F)F)CCc1c(Cl)cccc1C(F)(F)F. The Bertz CT molecular complexity index is 789. The number of ketones is 1. The first-order valence-corrected chi connectivity index (χ1v) is 8.87. The zero-order chi connectivity index (χ0) is 21.1. The molecule has 2 rings (SSSR count). The molecule has 0 saturated heterocycles. The number of Topliss-reactive ketones (excluding diaryl/α,β-unsaturated/α-hetero) is 1. The number of carbonyl (C=O) groups is 1. The maximum absolute atomic E-state index is 13.1. The number of carbonyl (C=O) groups excluding carboxylic acids is 1. The van der Waals surface area contributed by atoms with Gasteiger partial charge in [0.2, 0.25) is 0 Å². The number of alkyl halides is 6. The molecule has 0 aliphatic carbocycles. The lowest BCUT2D eigenvalue weighted by Crippen LogP contribution is -2.13. The molecule has 1 nitrogen and oxygen atoms in total. The first kappa shape index (κ1) is 22.6. The van der Waals surface area contributed by atoms with Crippen molar-refractivity contribution in [1.29, 1.82) is 0 Å². The smallest absolute Gasteiger partial charge is 0.300 e. The van der Waals surface area contributed by atoms with Crippen LogP contribution in [0.1, 0.15) is 35.1 Å². The van der Waals surface area contributed by atoms with Crippen molar-refractivity contribution in [1.82, 2.24) is 0 Å². The third kappa shape index (κ3) is 5.64. The van der Waals surface area contributed by atoms with E-state index < -0.39 is 29.3 Å². The molecule has 2 aromatic rings. The van der Waals surface area contributed by atoms with Gasteiger partial charge in [0.1, 0.15) is 5.78 Å². The van der Waals surface area contributed by atoms with Crippen LogP contribution in [0.25, 0.3) is 0 Å². The van der Waals surface area contributed by atoms with Crippen LogP contribution in [0.5, 0.6) is 0 Å². The second-order valence-electron chi connectivity index (χ2n) is 6.07. The molecule has 0 unspecified atom stereocenters.